The van der Waals surface area contributed by atoms with Crippen molar-refractivity contribution in [3.8, 4) is 5.69 Å². The number of aromatic nitrogens is 2. The number of likely N-dealkylation sites (tertiary alicyclic amines) is 1. The van der Waals surface area contributed by atoms with E-state index in [0.29, 0.717) is 16.8 Å². The van der Waals surface area contributed by atoms with Gasteiger partial charge in [-0.3, -0.25) is 14.2 Å². The third kappa shape index (κ3) is 4.19. The van der Waals surface area contributed by atoms with E-state index < -0.39 is 0 Å². The van der Waals surface area contributed by atoms with Gasteiger partial charge in [0.1, 0.15) is 0 Å². The molecule has 6 nitrogen and oxygen atoms in total. The van der Waals surface area contributed by atoms with Crippen molar-refractivity contribution in [1.29, 1.82) is 0 Å². The summed E-state index contributed by atoms with van der Waals surface area (Å²) in [5.74, 6) is -0.144. The molecular weight excluding hydrogens is 384 g/mol. The highest BCUT2D eigenvalue weighted by Crippen LogP contribution is 2.20. The molecule has 2 aromatic carbocycles. The minimum atomic E-state index is -0.198. The summed E-state index contributed by atoms with van der Waals surface area (Å²) in [5, 5.41) is 3.76. The Bertz CT molecular complexity index is 1020. The Morgan fingerprint density at radius 3 is 2.52 bits per heavy atom. The highest BCUT2D eigenvalue weighted by Gasteiger charge is 2.19. The van der Waals surface area contributed by atoms with Crippen LogP contribution in [0.3, 0.4) is 0 Å². The van der Waals surface area contributed by atoms with Crippen LogP contribution in [0.25, 0.3) is 5.69 Å². The third-order valence-corrected chi connectivity index (χ3v) is 5.63. The van der Waals surface area contributed by atoms with Crippen LogP contribution < -0.4 is 5.32 Å². The number of anilines is 1. The van der Waals surface area contributed by atoms with Crippen LogP contribution in [0.4, 0.5) is 5.69 Å². The van der Waals surface area contributed by atoms with Crippen molar-refractivity contribution in [2.75, 3.05) is 24.7 Å². The third-order valence-electron chi connectivity index (χ3n) is 4.96. The monoisotopic (exact) mass is 406 g/mol. The molecular formula is C22H22N4O2S. The van der Waals surface area contributed by atoms with Crippen LogP contribution in [0.15, 0.2) is 66.1 Å². The largest absolute Gasteiger partial charge is 0.339 e. The minimum absolute atomic E-state index is 0.0537. The van der Waals surface area contributed by atoms with E-state index >= 15 is 0 Å². The molecule has 1 saturated heterocycles. The highest BCUT2D eigenvalue weighted by atomic mass is 32.2. The molecule has 2 amide bonds. The van der Waals surface area contributed by atoms with Gasteiger partial charge in [0.15, 0.2) is 5.16 Å². The second-order valence-corrected chi connectivity index (χ2v) is 7.64. The van der Waals surface area contributed by atoms with E-state index in [0.717, 1.165) is 36.8 Å². The summed E-state index contributed by atoms with van der Waals surface area (Å²) in [7, 11) is 0. The number of hydrogen-bond donors (Lipinski definition) is 1. The molecule has 0 unspecified atom stereocenters. The fraction of sp³-hybridized carbons (Fsp3) is 0.227. The lowest BCUT2D eigenvalue weighted by Crippen LogP contribution is -2.27. The molecule has 2 heterocycles. The number of carbonyl (C=O) groups excluding carboxylic acids is 2. The smallest absolute Gasteiger partial charge is 0.255 e. The van der Waals surface area contributed by atoms with Gasteiger partial charge in [-0.05, 0) is 61.6 Å². The zero-order valence-corrected chi connectivity index (χ0v) is 17.0. The van der Waals surface area contributed by atoms with Crippen LogP contribution in [0, 0.1) is 0 Å². The fourth-order valence-corrected chi connectivity index (χ4v) is 3.97. The van der Waals surface area contributed by atoms with Crippen molar-refractivity contribution in [3.05, 3.63) is 72.1 Å². The summed E-state index contributed by atoms with van der Waals surface area (Å²) < 4.78 is 1.94. The second kappa shape index (κ2) is 8.53. The number of hydrogen-bond acceptors (Lipinski definition) is 4. The average molecular weight is 407 g/mol. The molecule has 0 atom stereocenters. The maximum atomic E-state index is 12.7. The van der Waals surface area contributed by atoms with E-state index in [1.54, 1.807) is 48.3 Å². The Labute approximate surface area is 173 Å². The molecule has 4 rings (SSSR count). The maximum Gasteiger partial charge on any atom is 0.255 e. The van der Waals surface area contributed by atoms with Crippen LogP contribution in [0.1, 0.15) is 33.6 Å². The van der Waals surface area contributed by atoms with E-state index in [1.807, 2.05) is 40.1 Å². The fourth-order valence-electron chi connectivity index (χ4n) is 3.44. The number of nitrogens with zero attached hydrogens (tertiary/aromatic N) is 3. The Morgan fingerprint density at radius 1 is 1.03 bits per heavy atom. The number of nitrogens with one attached hydrogen (secondary N) is 1. The van der Waals surface area contributed by atoms with E-state index in [9.17, 15) is 9.59 Å². The lowest BCUT2D eigenvalue weighted by Gasteiger charge is -2.15. The molecule has 0 spiro atoms. The number of amides is 2. The van der Waals surface area contributed by atoms with E-state index in [1.165, 1.54) is 0 Å². The minimum Gasteiger partial charge on any atom is -0.339 e. The van der Waals surface area contributed by atoms with E-state index in [4.69, 9.17) is 0 Å². The Balaban J connectivity index is 1.47. The summed E-state index contributed by atoms with van der Waals surface area (Å²) in [6.45, 7) is 1.64. The number of thioether (sulfide) groups is 1. The molecule has 1 aromatic heterocycles. The zero-order valence-electron chi connectivity index (χ0n) is 16.2. The average Bonchev–Trinajstić information content (AvgIpc) is 3.46. The molecule has 29 heavy (non-hydrogen) atoms. The van der Waals surface area contributed by atoms with Crippen LogP contribution in [0.5, 0.6) is 0 Å². The van der Waals surface area contributed by atoms with Gasteiger partial charge >= 0.3 is 0 Å². The predicted molar refractivity (Wildman–Crippen MR) is 115 cm³/mol. The van der Waals surface area contributed by atoms with Crippen LogP contribution in [-0.4, -0.2) is 45.6 Å². The molecule has 0 saturated carbocycles. The summed E-state index contributed by atoms with van der Waals surface area (Å²) in [6.07, 6.45) is 7.71. The number of imidazole rings is 1. The van der Waals surface area contributed by atoms with Gasteiger partial charge in [-0.25, -0.2) is 4.98 Å². The van der Waals surface area contributed by atoms with Gasteiger partial charge in [0.25, 0.3) is 11.8 Å². The first kappa shape index (κ1) is 19.3. The molecule has 7 heteroatoms. The molecule has 0 bridgehead atoms. The van der Waals surface area contributed by atoms with Crippen LogP contribution >= 0.6 is 11.8 Å². The molecule has 0 aliphatic carbocycles. The maximum absolute atomic E-state index is 12.7. The van der Waals surface area contributed by atoms with Crippen LogP contribution in [0.2, 0.25) is 0 Å². The SMILES string of the molecule is CSc1nccn1-c1cccc(C(=O)Nc2ccc(C(=O)N3CCCC3)cc2)c1. The van der Waals surface area contributed by atoms with Gasteiger partial charge in [0, 0.05) is 48.0 Å². The van der Waals surface area contributed by atoms with Gasteiger partial charge in [-0.1, -0.05) is 17.8 Å². The normalized spacial score (nSPS) is 13.5. The van der Waals surface area contributed by atoms with Crippen molar-refractivity contribution in [3.63, 3.8) is 0 Å². The van der Waals surface area contributed by atoms with Crippen molar-refractivity contribution >= 4 is 29.3 Å². The molecule has 1 N–H and O–H groups in total. The van der Waals surface area contributed by atoms with Gasteiger partial charge in [-0.15, -0.1) is 0 Å². The molecule has 0 radical (unpaired) electrons. The second-order valence-electron chi connectivity index (χ2n) is 6.87. The van der Waals surface area contributed by atoms with Crippen molar-refractivity contribution in [2.45, 2.75) is 18.0 Å². The number of benzene rings is 2. The topological polar surface area (TPSA) is 67.2 Å². The van der Waals surface area contributed by atoms with E-state index in [2.05, 4.69) is 10.3 Å². The Kier molecular flexibility index (Phi) is 5.67. The van der Waals surface area contributed by atoms with Gasteiger partial charge in [0.2, 0.25) is 0 Å². The lowest BCUT2D eigenvalue weighted by molar-refractivity contribution is 0.0792. The van der Waals surface area contributed by atoms with Crippen molar-refractivity contribution in [1.82, 2.24) is 14.5 Å². The van der Waals surface area contributed by atoms with E-state index in [-0.39, 0.29) is 11.8 Å². The van der Waals surface area contributed by atoms with Crippen molar-refractivity contribution in [2.24, 2.45) is 0 Å². The molecule has 148 valence electrons. The van der Waals surface area contributed by atoms with Gasteiger partial charge in [0.05, 0.1) is 0 Å². The number of rotatable bonds is 5. The summed E-state index contributed by atoms with van der Waals surface area (Å²) in [4.78, 5) is 31.3. The first-order chi connectivity index (χ1) is 14.2. The summed E-state index contributed by atoms with van der Waals surface area (Å²) >= 11 is 1.55. The predicted octanol–water partition coefficient (Wildman–Crippen LogP) is 4.08. The quantitative estimate of drug-likeness (QED) is 0.648. The lowest BCUT2D eigenvalue weighted by atomic mass is 10.1. The molecule has 1 fully saturated rings. The summed E-state index contributed by atoms with van der Waals surface area (Å²) in [5.41, 5.74) is 2.74. The Hall–Kier alpha value is -3.06. The molecule has 1 aliphatic rings. The first-order valence-electron chi connectivity index (χ1n) is 9.54. The molecule has 3 aromatic rings. The standard InChI is InChI=1S/C22H22N4O2S/c1-29-22-23-11-14-26(22)19-6-4-5-17(15-19)20(27)24-18-9-7-16(8-10-18)21(28)25-12-2-3-13-25/h4-11,14-15H,2-3,12-13H2,1H3,(H,24,27). The van der Waals surface area contributed by atoms with Gasteiger partial charge in [-0.2, -0.15) is 0 Å². The van der Waals surface area contributed by atoms with Crippen LogP contribution in [-0.2, 0) is 0 Å². The zero-order chi connectivity index (χ0) is 20.2. The number of carbonyl (C=O) groups is 2. The van der Waals surface area contributed by atoms with Crippen molar-refractivity contribution < 1.29 is 9.59 Å². The summed E-state index contributed by atoms with van der Waals surface area (Å²) in [6, 6.07) is 14.5. The van der Waals surface area contributed by atoms with Gasteiger partial charge < -0.3 is 10.2 Å². The first-order valence-corrected chi connectivity index (χ1v) is 10.8. The Morgan fingerprint density at radius 2 is 1.79 bits per heavy atom. The highest BCUT2D eigenvalue weighted by molar-refractivity contribution is 7.98. The molecule has 1 aliphatic heterocycles.